The molecule has 1 heterocycles. The number of carboxylic acid groups (broad SMARTS) is 1. The normalized spacial score (nSPS) is 16.4. The van der Waals surface area contributed by atoms with Gasteiger partial charge in [-0.3, -0.25) is 9.79 Å². The third-order valence-electron chi connectivity index (χ3n) is 2.61. The van der Waals surface area contributed by atoms with Gasteiger partial charge in [0.05, 0.1) is 18.9 Å². The average Bonchev–Trinajstić information content (AvgIpc) is 2.80. The molecule has 0 saturated carbocycles. The van der Waals surface area contributed by atoms with Crippen LogP contribution in [0.5, 0.6) is 0 Å². The molecule has 2 N–H and O–H groups in total. The number of carbonyl (C=O) groups is 1. The Morgan fingerprint density at radius 3 is 2.75 bits per heavy atom. The van der Waals surface area contributed by atoms with Crippen molar-refractivity contribution in [3.63, 3.8) is 0 Å². The zero-order valence-electron chi connectivity index (χ0n) is 8.89. The van der Waals surface area contributed by atoms with Gasteiger partial charge < -0.3 is 10.4 Å². The summed E-state index contributed by atoms with van der Waals surface area (Å²) in [4.78, 5) is 15.2. The van der Waals surface area contributed by atoms with Crippen molar-refractivity contribution in [3.8, 4) is 0 Å². The monoisotopic (exact) mass is 218 g/mol. The first-order valence-electron chi connectivity index (χ1n) is 5.32. The third kappa shape index (κ3) is 2.39. The molecule has 2 rings (SSSR count). The highest BCUT2D eigenvalue weighted by Gasteiger charge is 2.23. The molecule has 0 radical (unpaired) electrons. The molecule has 0 amide bonds. The van der Waals surface area contributed by atoms with Crippen LogP contribution in [0.4, 0.5) is 0 Å². The van der Waals surface area contributed by atoms with Gasteiger partial charge in [0.2, 0.25) is 0 Å². The molecule has 0 spiro atoms. The summed E-state index contributed by atoms with van der Waals surface area (Å²) in [5.41, 5.74) is 0.998. The molecule has 0 bridgehead atoms. The van der Waals surface area contributed by atoms with Crippen molar-refractivity contribution in [1.82, 2.24) is 5.32 Å². The van der Waals surface area contributed by atoms with E-state index in [4.69, 9.17) is 5.11 Å². The Labute approximate surface area is 94.0 Å². The molecule has 1 aliphatic rings. The quantitative estimate of drug-likeness (QED) is 0.799. The van der Waals surface area contributed by atoms with Crippen molar-refractivity contribution in [3.05, 3.63) is 35.9 Å². The van der Waals surface area contributed by atoms with Gasteiger partial charge in [-0.05, 0) is 5.56 Å². The molecule has 1 aromatic rings. The lowest BCUT2D eigenvalue weighted by atomic mass is 9.94. The lowest BCUT2D eigenvalue weighted by molar-refractivity contribution is -0.137. The summed E-state index contributed by atoms with van der Waals surface area (Å²) in [6.07, 6.45) is 0.0792. The van der Waals surface area contributed by atoms with Gasteiger partial charge >= 0.3 is 5.97 Å². The van der Waals surface area contributed by atoms with Crippen LogP contribution in [0, 0.1) is 0 Å². The van der Waals surface area contributed by atoms with Crippen molar-refractivity contribution in [2.24, 2.45) is 4.99 Å². The summed E-state index contributed by atoms with van der Waals surface area (Å²) in [5, 5.41) is 12.1. The second-order valence-corrected chi connectivity index (χ2v) is 3.75. The highest BCUT2D eigenvalue weighted by atomic mass is 16.4. The minimum atomic E-state index is -0.801. The van der Waals surface area contributed by atoms with E-state index < -0.39 is 5.97 Å². The number of rotatable bonds is 4. The van der Waals surface area contributed by atoms with Gasteiger partial charge in [-0.15, -0.1) is 0 Å². The van der Waals surface area contributed by atoms with Crippen molar-refractivity contribution in [2.45, 2.75) is 12.3 Å². The van der Waals surface area contributed by atoms with E-state index in [1.54, 1.807) is 0 Å². The van der Waals surface area contributed by atoms with Crippen LogP contribution in [0.15, 0.2) is 35.3 Å². The zero-order chi connectivity index (χ0) is 11.4. The maximum absolute atomic E-state index is 10.9. The van der Waals surface area contributed by atoms with E-state index in [-0.39, 0.29) is 12.3 Å². The fraction of sp³-hybridized carbons (Fsp3) is 0.333. The number of aliphatic carboxylic acids is 1. The Morgan fingerprint density at radius 2 is 2.19 bits per heavy atom. The standard InChI is InChI=1S/C12H14N2O2/c15-11(16)8-10(12-13-6-7-14-12)9-4-2-1-3-5-9/h1-5,10H,6-8H2,(H,13,14)(H,15,16). The number of aliphatic imine (C=N–C) groups is 1. The molecule has 0 aliphatic carbocycles. The van der Waals surface area contributed by atoms with E-state index in [2.05, 4.69) is 10.3 Å². The van der Waals surface area contributed by atoms with E-state index in [1.807, 2.05) is 30.3 Å². The van der Waals surface area contributed by atoms with E-state index >= 15 is 0 Å². The number of hydrogen-bond acceptors (Lipinski definition) is 3. The highest BCUT2D eigenvalue weighted by molar-refractivity contribution is 5.93. The molecule has 0 aromatic heterocycles. The minimum absolute atomic E-state index is 0.0792. The number of nitrogens with one attached hydrogen (secondary N) is 1. The summed E-state index contributed by atoms with van der Waals surface area (Å²) < 4.78 is 0. The van der Waals surface area contributed by atoms with Gasteiger partial charge in [0.1, 0.15) is 5.84 Å². The lowest BCUT2D eigenvalue weighted by Crippen LogP contribution is -2.27. The van der Waals surface area contributed by atoms with E-state index in [1.165, 1.54) is 0 Å². The predicted molar refractivity (Wildman–Crippen MR) is 61.7 cm³/mol. The zero-order valence-corrected chi connectivity index (χ0v) is 8.89. The minimum Gasteiger partial charge on any atom is -0.481 e. The van der Waals surface area contributed by atoms with Crippen molar-refractivity contribution >= 4 is 11.8 Å². The molecule has 1 atom stereocenters. The maximum atomic E-state index is 10.9. The first-order valence-corrected chi connectivity index (χ1v) is 5.32. The number of benzene rings is 1. The molecule has 4 heteroatoms. The Morgan fingerprint density at radius 1 is 1.44 bits per heavy atom. The summed E-state index contributed by atoms with van der Waals surface area (Å²) >= 11 is 0. The van der Waals surface area contributed by atoms with Gasteiger partial charge in [0.15, 0.2) is 0 Å². The van der Waals surface area contributed by atoms with Crippen LogP contribution in [0.3, 0.4) is 0 Å². The average molecular weight is 218 g/mol. The first kappa shape index (κ1) is 10.7. The van der Waals surface area contributed by atoms with Crippen LogP contribution in [0.25, 0.3) is 0 Å². The summed E-state index contributed by atoms with van der Waals surface area (Å²) in [5.74, 6) is -0.153. The van der Waals surface area contributed by atoms with Gasteiger partial charge in [-0.2, -0.15) is 0 Å². The molecule has 1 aromatic carbocycles. The summed E-state index contributed by atoms with van der Waals surface area (Å²) in [6.45, 7) is 1.54. The van der Waals surface area contributed by atoms with E-state index in [0.29, 0.717) is 0 Å². The molecule has 84 valence electrons. The second-order valence-electron chi connectivity index (χ2n) is 3.75. The molecule has 16 heavy (non-hydrogen) atoms. The summed E-state index contributed by atoms with van der Waals surface area (Å²) in [6, 6.07) is 9.64. The third-order valence-corrected chi connectivity index (χ3v) is 2.61. The molecule has 0 fully saturated rings. The number of hydrogen-bond donors (Lipinski definition) is 2. The van der Waals surface area contributed by atoms with Gasteiger partial charge in [0.25, 0.3) is 0 Å². The highest BCUT2D eigenvalue weighted by Crippen LogP contribution is 2.21. The van der Waals surface area contributed by atoms with Crippen molar-refractivity contribution in [1.29, 1.82) is 0 Å². The number of carboxylic acids is 1. The van der Waals surface area contributed by atoms with Crippen LogP contribution in [0.2, 0.25) is 0 Å². The van der Waals surface area contributed by atoms with E-state index in [9.17, 15) is 4.79 Å². The Balaban J connectivity index is 2.24. The number of nitrogens with zero attached hydrogens (tertiary/aromatic N) is 1. The van der Waals surface area contributed by atoms with E-state index in [0.717, 1.165) is 24.5 Å². The Kier molecular flexibility index (Phi) is 3.19. The second kappa shape index (κ2) is 4.79. The first-order chi connectivity index (χ1) is 7.77. The fourth-order valence-corrected chi connectivity index (χ4v) is 1.88. The Bertz CT molecular complexity index is 401. The molecular weight excluding hydrogens is 204 g/mol. The number of amidine groups is 1. The van der Waals surface area contributed by atoms with Gasteiger partial charge in [-0.1, -0.05) is 30.3 Å². The van der Waals surface area contributed by atoms with Crippen LogP contribution in [-0.4, -0.2) is 30.0 Å². The van der Waals surface area contributed by atoms with Crippen LogP contribution in [-0.2, 0) is 4.79 Å². The topological polar surface area (TPSA) is 61.7 Å². The SMILES string of the molecule is O=C(O)CC(C1=NCCN1)c1ccccc1. The maximum Gasteiger partial charge on any atom is 0.304 e. The lowest BCUT2D eigenvalue weighted by Gasteiger charge is -2.15. The van der Waals surface area contributed by atoms with Crippen LogP contribution in [0.1, 0.15) is 17.9 Å². The Hall–Kier alpha value is -1.84. The molecule has 0 saturated heterocycles. The van der Waals surface area contributed by atoms with Crippen molar-refractivity contribution in [2.75, 3.05) is 13.1 Å². The largest absolute Gasteiger partial charge is 0.481 e. The molecule has 4 nitrogen and oxygen atoms in total. The van der Waals surface area contributed by atoms with Gasteiger partial charge in [-0.25, -0.2) is 0 Å². The smallest absolute Gasteiger partial charge is 0.304 e. The van der Waals surface area contributed by atoms with Crippen molar-refractivity contribution < 1.29 is 9.90 Å². The molecule has 1 aliphatic heterocycles. The molecule has 1 unspecified atom stereocenters. The summed E-state index contributed by atoms with van der Waals surface area (Å²) in [7, 11) is 0. The molecular formula is C12H14N2O2. The van der Waals surface area contributed by atoms with Crippen LogP contribution >= 0.6 is 0 Å². The van der Waals surface area contributed by atoms with Gasteiger partial charge in [0, 0.05) is 6.54 Å². The van der Waals surface area contributed by atoms with Crippen LogP contribution < -0.4 is 5.32 Å². The predicted octanol–water partition coefficient (Wildman–Crippen LogP) is 1.25. The fourth-order valence-electron chi connectivity index (χ4n) is 1.88.